The lowest BCUT2D eigenvalue weighted by Crippen LogP contribution is -2.46. The maximum atomic E-state index is 4.69. The Morgan fingerprint density at radius 3 is 2.32 bits per heavy atom. The first-order valence-corrected chi connectivity index (χ1v) is 10.3. The monoisotopic (exact) mass is 387 g/mol. The highest BCUT2D eigenvalue weighted by Gasteiger charge is 2.23. The topological polar surface area (TPSA) is 45.2 Å². The Morgan fingerprint density at radius 2 is 1.57 bits per heavy atom. The number of anilines is 2. The van der Waals surface area contributed by atoms with Crippen LogP contribution in [0.2, 0.25) is 0 Å². The Labute approximate surface area is 168 Å². The van der Waals surface area contributed by atoms with Gasteiger partial charge in [0.2, 0.25) is 0 Å². The lowest BCUT2D eigenvalue weighted by Gasteiger charge is -2.36. The third-order valence-corrected chi connectivity index (χ3v) is 6.60. The number of rotatable bonds is 3. The second kappa shape index (κ2) is 7.20. The van der Waals surface area contributed by atoms with E-state index >= 15 is 0 Å². The van der Waals surface area contributed by atoms with Crippen molar-refractivity contribution in [3.63, 3.8) is 0 Å². The van der Waals surface area contributed by atoms with Gasteiger partial charge in [-0.15, -0.1) is 11.3 Å². The molecular weight excluding hydrogens is 366 g/mol. The predicted octanol–water partition coefficient (Wildman–Crippen LogP) is 4.39. The Balaban J connectivity index is 1.46. The summed E-state index contributed by atoms with van der Waals surface area (Å²) in [6.07, 6.45) is 5.42. The van der Waals surface area contributed by atoms with Crippen molar-refractivity contribution in [2.45, 2.75) is 6.92 Å². The van der Waals surface area contributed by atoms with Gasteiger partial charge in [-0.05, 0) is 30.2 Å². The van der Waals surface area contributed by atoms with E-state index in [1.807, 2.05) is 12.4 Å². The van der Waals surface area contributed by atoms with Crippen LogP contribution in [-0.2, 0) is 0 Å². The van der Waals surface area contributed by atoms with Gasteiger partial charge in [0.15, 0.2) is 0 Å². The van der Waals surface area contributed by atoms with Gasteiger partial charge in [-0.3, -0.25) is 4.98 Å². The molecule has 0 radical (unpaired) electrons. The van der Waals surface area contributed by atoms with Gasteiger partial charge in [0.05, 0.1) is 5.39 Å². The number of piperazine rings is 1. The molecule has 5 nitrogen and oxygen atoms in total. The molecule has 0 unspecified atom stereocenters. The number of aromatic nitrogens is 3. The summed E-state index contributed by atoms with van der Waals surface area (Å²) in [5.41, 5.74) is 3.76. The fourth-order valence-corrected chi connectivity index (χ4v) is 5.04. The van der Waals surface area contributed by atoms with Crippen LogP contribution in [0.4, 0.5) is 11.5 Å². The van der Waals surface area contributed by atoms with Crippen molar-refractivity contribution in [3.05, 3.63) is 66.7 Å². The first-order chi connectivity index (χ1) is 13.8. The molecule has 0 atom stereocenters. The average Bonchev–Trinajstić information content (AvgIpc) is 3.12. The molecule has 140 valence electrons. The highest BCUT2D eigenvalue weighted by Crippen LogP contribution is 2.40. The number of aryl methyl sites for hydroxylation is 1. The van der Waals surface area contributed by atoms with Crippen molar-refractivity contribution < 1.29 is 0 Å². The number of pyridine rings is 1. The van der Waals surface area contributed by atoms with Gasteiger partial charge in [-0.2, -0.15) is 0 Å². The molecule has 1 aliphatic heterocycles. The van der Waals surface area contributed by atoms with E-state index in [9.17, 15) is 0 Å². The molecule has 0 bridgehead atoms. The van der Waals surface area contributed by atoms with Crippen LogP contribution in [-0.4, -0.2) is 41.1 Å². The van der Waals surface area contributed by atoms with Gasteiger partial charge < -0.3 is 9.80 Å². The average molecular weight is 388 g/mol. The minimum atomic E-state index is 0.949. The fourth-order valence-electron chi connectivity index (χ4n) is 3.89. The van der Waals surface area contributed by atoms with E-state index < -0.39 is 0 Å². The minimum Gasteiger partial charge on any atom is -0.368 e. The van der Waals surface area contributed by atoms with Crippen molar-refractivity contribution in [1.82, 2.24) is 15.0 Å². The first-order valence-electron chi connectivity index (χ1n) is 9.51. The number of nitrogens with zero attached hydrogens (tertiary/aromatic N) is 5. The maximum Gasteiger partial charge on any atom is 0.141 e. The Morgan fingerprint density at radius 1 is 0.857 bits per heavy atom. The number of benzene rings is 1. The zero-order valence-electron chi connectivity index (χ0n) is 15.7. The van der Waals surface area contributed by atoms with E-state index in [1.165, 1.54) is 27.1 Å². The van der Waals surface area contributed by atoms with E-state index in [0.29, 0.717) is 0 Å². The molecule has 0 aliphatic carbocycles. The Bertz CT molecular complexity index is 1090. The van der Waals surface area contributed by atoms with Crippen molar-refractivity contribution in [3.8, 4) is 10.4 Å². The van der Waals surface area contributed by atoms with Crippen molar-refractivity contribution in [1.29, 1.82) is 0 Å². The minimum absolute atomic E-state index is 0.949. The SMILES string of the molecule is Cc1c(-c2ccccc2)sc2ncnc(N3CCN(c4ccncc4)CC3)c12. The lowest BCUT2D eigenvalue weighted by molar-refractivity contribution is 0.648. The molecule has 0 spiro atoms. The van der Waals surface area contributed by atoms with E-state index in [2.05, 4.69) is 74.1 Å². The Kier molecular flexibility index (Phi) is 4.41. The quantitative estimate of drug-likeness (QED) is 0.522. The van der Waals surface area contributed by atoms with Gasteiger partial charge in [0, 0.05) is 49.1 Å². The molecular formula is C22H21N5S. The molecule has 0 amide bonds. The van der Waals surface area contributed by atoms with Crippen LogP contribution in [0.25, 0.3) is 20.7 Å². The van der Waals surface area contributed by atoms with E-state index in [0.717, 1.165) is 36.8 Å². The van der Waals surface area contributed by atoms with E-state index in [1.54, 1.807) is 17.7 Å². The molecule has 1 saturated heterocycles. The molecule has 3 aromatic heterocycles. The summed E-state index contributed by atoms with van der Waals surface area (Å²) in [5, 5.41) is 1.20. The molecule has 1 aromatic carbocycles. The zero-order valence-corrected chi connectivity index (χ0v) is 16.6. The molecule has 28 heavy (non-hydrogen) atoms. The van der Waals surface area contributed by atoms with Crippen LogP contribution in [0.5, 0.6) is 0 Å². The first kappa shape index (κ1) is 17.1. The maximum absolute atomic E-state index is 4.69. The van der Waals surface area contributed by atoms with Crippen LogP contribution in [0.1, 0.15) is 5.56 Å². The third kappa shape index (κ3) is 2.99. The van der Waals surface area contributed by atoms with Gasteiger partial charge in [-0.1, -0.05) is 30.3 Å². The molecule has 1 fully saturated rings. The van der Waals surface area contributed by atoms with Crippen LogP contribution in [0.3, 0.4) is 0 Å². The molecule has 0 saturated carbocycles. The highest BCUT2D eigenvalue weighted by molar-refractivity contribution is 7.22. The van der Waals surface area contributed by atoms with Crippen LogP contribution >= 0.6 is 11.3 Å². The van der Waals surface area contributed by atoms with E-state index in [4.69, 9.17) is 0 Å². The summed E-state index contributed by atoms with van der Waals surface area (Å²) in [5.74, 6) is 1.07. The predicted molar refractivity (Wildman–Crippen MR) is 116 cm³/mol. The van der Waals surface area contributed by atoms with Gasteiger partial charge in [0.1, 0.15) is 17.0 Å². The molecule has 0 N–H and O–H groups in total. The van der Waals surface area contributed by atoms with Crippen LogP contribution < -0.4 is 9.80 Å². The fraction of sp³-hybridized carbons (Fsp3) is 0.227. The number of hydrogen-bond donors (Lipinski definition) is 0. The molecule has 4 heterocycles. The second-order valence-corrected chi connectivity index (χ2v) is 7.98. The molecule has 5 rings (SSSR count). The normalized spacial score (nSPS) is 14.6. The van der Waals surface area contributed by atoms with Crippen molar-refractivity contribution in [2.24, 2.45) is 0 Å². The van der Waals surface area contributed by atoms with Crippen LogP contribution in [0.15, 0.2) is 61.2 Å². The third-order valence-electron chi connectivity index (χ3n) is 5.35. The standard InChI is InChI=1S/C22H21N5S/c1-16-19-21(27-13-11-26(12-14-27)18-7-9-23-10-8-18)24-15-25-22(19)28-20(16)17-5-3-2-4-6-17/h2-10,15H,11-14H2,1H3. The van der Waals surface area contributed by atoms with Crippen molar-refractivity contribution >= 4 is 33.1 Å². The van der Waals surface area contributed by atoms with Crippen LogP contribution in [0, 0.1) is 6.92 Å². The molecule has 6 heteroatoms. The van der Waals surface area contributed by atoms with Gasteiger partial charge in [0.25, 0.3) is 0 Å². The summed E-state index contributed by atoms with van der Waals surface area (Å²) in [6.45, 7) is 6.05. The zero-order chi connectivity index (χ0) is 18.9. The summed E-state index contributed by atoms with van der Waals surface area (Å²) in [6, 6.07) is 14.7. The molecule has 4 aromatic rings. The van der Waals surface area contributed by atoms with Gasteiger partial charge in [-0.25, -0.2) is 9.97 Å². The lowest BCUT2D eigenvalue weighted by atomic mass is 10.1. The summed E-state index contributed by atoms with van der Waals surface area (Å²) in [7, 11) is 0. The largest absolute Gasteiger partial charge is 0.368 e. The summed E-state index contributed by atoms with van der Waals surface area (Å²) < 4.78 is 0. The summed E-state index contributed by atoms with van der Waals surface area (Å²) >= 11 is 1.76. The second-order valence-electron chi connectivity index (χ2n) is 6.98. The summed E-state index contributed by atoms with van der Waals surface area (Å²) in [4.78, 5) is 20.5. The highest BCUT2D eigenvalue weighted by atomic mass is 32.1. The Hall–Kier alpha value is -2.99. The number of hydrogen-bond acceptors (Lipinski definition) is 6. The van der Waals surface area contributed by atoms with Gasteiger partial charge >= 0.3 is 0 Å². The van der Waals surface area contributed by atoms with Crippen molar-refractivity contribution in [2.75, 3.05) is 36.0 Å². The smallest absolute Gasteiger partial charge is 0.141 e. The number of thiophene rings is 1. The molecule has 1 aliphatic rings. The number of fused-ring (bicyclic) bond motifs is 1. The van der Waals surface area contributed by atoms with E-state index in [-0.39, 0.29) is 0 Å².